The predicted molar refractivity (Wildman–Crippen MR) is 72.0 cm³/mol. The molecule has 6 heteroatoms. The van der Waals surface area contributed by atoms with Crippen molar-refractivity contribution >= 4 is 5.97 Å². The summed E-state index contributed by atoms with van der Waals surface area (Å²) < 4.78 is 5.48. The number of aliphatic hydroxyl groups excluding tert-OH is 2. The van der Waals surface area contributed by atoms with Crippen LogP contribution in [0, 0.1) is 11.3 Å². The molecular weight excluding hydrogens is 274 g/mol. The number of carboxylic acid groups (broad SMARTS) is 1. The average molecular weight is 289 g/mol. The second-order valence-electron chi connectivity index (χ2n) is 4.85. The second-order valence-corrected chi connectivity index (χ2v) is 4.85. The SMILES string of the molecule is N#CC(O[C@@]1(C(=O)O)C=C[C@@H](O)[C@H](O)C1)c1ccccc1. The molecule has 0 amide bonds. The Labute approximate surface area is 121 Å². The van der Waals surface area contributed by atoms with Crippen LogP contribution in [0.1, 0.15) is 18.1 Å². The molecule has 1 unspecified atom stereocenters. The van der Waals surface area contributed by atoms with Crippen LogP contribution < -0.4 is 0 Å². The largest absolute Gasteiger partial charge is 0.479 e. The molecule has 0 aromatic heterocycles. The molecule has 6 nitrogen and oxygen atoms in total. The van der Waals surface area contributed by atoms with Crippen molar-refractivity contribution in [2.24, 2.45) is 0 Å². The van der Waals surface area contributed by atoms with E-state index < -0.39 is 29.9 Å². The van der Waals surface area contributed by atoms with Gasteiger partial charge in [-0.15, -0.1) is 0 Å². The number of aliphatic hydroxyl groups is 2. The van der Waals surface area contributed by atoms with Gasteiger partial charge >= 0.3 is 5.97 Å². The normalized spacial score (nSPS) is 29.6. The third-order valence-corrected chi connectivity index (χ3v) is 3.38. The van der Waals surface area contributed by atoms with Gasteiger partial charge in [0.1, 0.15) is 0 Å². The van der Waals surface area contributed by atoms with Crippen LogP contribution >= 0.6 is 0 Å². The third kappa shape index (κ3) is 3.11. The first-order valence-corrected chi connectivity index (χ1v) is 6.40. The Hall–Kier alpha value is -2.20. The van der Waals surface area contributed by atoms with Crippen molar-refractivity contribution in [1.29, 1.82) is 5.26 Å². The van der Waals surface area contributed by atoms with E-state index in [2.05, 4.69) is 0 Å². The lowest BCUT2D eigenvalue weighted by molar-refractivity contribution is -0.170. The molecule has 21 heavy (non-hydrogen) atoms. The lowest BCUT2D eigenvalue weighted by atomic mass is 9.87. The van der Waals surface area contributed by atoms with E-state index in [9.17, 15) is 25.4 Å². The zero-order valence-electron chi connectivity index (χ0n) is 11.1. The van der Waals surface area contributed by atoms with Crippen molar-refractivity contribution in [3.63, 3.8) is 0 Å². The number of aliphatic carboxylic acids is 1. The molecule has 1 aromatic rings. The van der Waals surface area contributed by atoms with Crippen molar-refractivity contribution in [2.75, 3.05) is 0 Å². The molecule has 0 saturated carbocycles. The van der Waals surface area contributed by atoms with Crippen molar-refractivity contribution < 1.29 is 24.9 Å². The first kappa shape index (κ1) is 15.2. The monoisotopic (exact) mass is 289 g/mol. The molecule has 4 atom stereocenters. The van der Waals surface area contributed by atoms with Crippen LogP contribution in [-0.2, 0) is 9.53 Å². The van der Waals surface area contributed by atoms with Gasteiger partial charge in [0.2, 0.25) is 0 Å². The van der Waals surface area contributed by atoms with E-state index in [0.29, 0.717) is 5.56 Å². The first-order chi connectivity index (χ1) is 9.98. The summed E-state index contributed by atoms with van der Waals surface area (Å²) in [7, 11) is 0. The van der Waals surface area contributed by atoms with Gasteiger partial charge in [0, 0.05) is 6.42 Å². The molecule has 1 aliphatic carbocycles. The van der Waals surface area contributed by atoms with E-state index in [4.69, 9.17) is 4.74 Å². The lowest BCUT2D eigenvalue weighted by Gasteiger charge is -2.34. The van der Waals surface area contributed by atoms with Crippen LogP contribution in [0.15, 0.2) is 42.5 Å². The van der Waals surface area contributed by atoms with Crippen LogP contribution in [0.2, 0.25) is 0 Å². The Morgan fingerprint density at radius 2 is 2.05 bits per heavy atom. The van der Waals surface area contributed by atoms with E-state index in [0.717, 1.165) is 0 Å². The van der Waals surface area contributed by atoms with Gasteiger partial charge in [-0.3, -0.25) is 0 Å². The maximum Gasteiger partial charge on any atom is 0.340 e. The van der Waals surface area contributed by atoms with Crippen LogP contribution in [0.4, 0.5) is 0 Å². The molecule has 0 radical (unpaired) electrons. The molecule has 110 valence electrons. The van der Waals surface area contributed by atoms with Crippen molar-refractivity contribution in [1.82, 2.24) is 0 Å². The smallest absolute Gasteiger partial charge is 0.340 e. The summed E-state index contributed by atoms with van der Waals surface area (Å²) in [5.74, 6) is -1.32. The molecule has 0 saturated heterocycles. The van der Waals surface area contributed by atoms with Crippen LogP contribution in [0.25, 0.3) is 0 Å². The van der Waals surface area contributed by atoms with E-state index in [-0.39, 0.29) is 6.42 Å². The second kappa shape index (κ2) is 6.06. The Bertz CT molecular complexity index is 579. The van der Waals surface area contributed by atoms with Gasteiger partial charge in [0.25, 0.3) is 0 Å². The molecule has 0 bridgehead atoms. The molecule has 0 fully saturated rings. The number of carboxylic acids is 1. The number of hydrogen-bond acceptors (Lipinski definition) is 5. The Morgan fingerprint density at radius 1 is 1.38 bits per heavy atom. The summed E-state index contributed by atoms with van der Waals surface area (Å²) in [4.78, 5) is 11.5. The molecule has 0 heterocycles. The fraction of sp³-hybridized carbons (Fsp3) is 0.333. The summed E-state index contributed by atoms with van der Waals surface area (Å²) in [6, 6.07) is 10.4. The lowest BCUT2D eigenvalue weighted by Crippen LogP contribution is -2.48. The highest BCUT2D eigenvalue weighted by molar-refractivity contribution is 5.80. The number of carbonyl (C=O) groups is 1. The van der Waals surface area contributed by atoms with Gasteiger partial charge in [-0.25, -0.2) is 4.79 Å². The standard InChI is InChI=1S/C15H15NO5/c16-9-13(10-4-2-1-3-5-10)21-15(14(19)20)7-6-11(17)12(18)8-15/h1-7,11-13,17-18H,8H2,(H,19,20)/t11-,12-,13?,15+/m1/s1. The number of nitriles is 1. The molecule has 2 rings (SSSR count). The maximum absolute atomic E-state index is 11.5. The maximum atomic E-state index is 11.5. The van der Waals surface area contributed by atoms with Crippen molar-refractivity contribution in [3.05, 3.63) is 48.0 Å². The predicted octanol–water partition coefficient (Wildman–Crippen LogP) is 0.773. The minimum absolute atomic E-state index is 0.328. The third-order valence-electron chi connectivity index (χ3n) is 3.38. The molecule has 0 spiro atoms. The first-order valence-electron chi connectivity index (χ1n) is 6.40. The summed E-state index contributed by atoms with van der Waals surface area (Å²) in [6.07, 6.45) is -1.47. The highest BCUT2D eigenvalue weighted by atomic mass is 16.5. The molecule has 3 N–H and O–H groups in total. The number of hydrogen-bond donors (Lipinski definition) is 3. The highest BCUT2D eigenvalue weighted by Crippen LogP contribution is 2.32. The Balaban J connectivity index is 2.31. The fourth-order valence-corrected chi connectivity index (χ4v) is 2.19. The van der Waals surface area contributed by atoms with E-state index in [1.807, 2.05) is 6.07 Å². The molecule has 1 aromatic carbocycles. The van der Waals surface area contributed by atoms with Gasteiger partial charge in [0.15, 0.2) is 11.7 Å². The van der Waals surface area contributed by atoms with E-state index >= 15 is 0 Å². The van der Waals surface area contributed by atoms with Gasteiger partial charge in [-0.1, -0.05) is 36.4 Å². The minimum Gasteiger partial charge on any atom is -0.479 e. The van der Waals surface area contributed by atoms with E-state index in [1.165, 1.54) is 12.2 Å². The van der Waals surface area contributed by atoms with Crippen molar-refractivity contribution in [3.8, 4) is 6.07 Å². The van der Waals surface area contributed by atoms with Crippen LogP contribution in [0.5, 0.6) is 0 Å². The zero-order valence-corrected chi connectivity index (χ0v) is 11.1. The van der Waals surface area contributed by atoms with Crippen LogP contribution in [-0.4, -0.2) is 39.1 Å². The molecule has 0 aliphatic heterocycles. The van der Waals surface area contributed by atoms with Gasteiger partial charge in [0.05, 0.1) is 18.3 Å². The minimum atomic E-state index is -1.84. The van der Waals surface area contributed by atoms with E-state index in [1.54, 1.807) is 30.3 Å². The fourth-order valence-electron chi connectivity index (χ4n) is 2.19. The number of benzene rings is 1. The Kier molecular flexibility index (Phi) is 4.38. The average Bonchev–Trinajstić information content (AvgIpc) is 2.49. The number of rotatable bonds is 4. The summed E-state index contributed by atoms with van der Waals surface area (Å²) in [5.41, 5.74) is -1.32. The summed E-state index contributed by atoms with van der Waals surface area (Å²) in [6.45, 7) is 0. The van der Waals surface area contributed by atoms with Crippen LogP contribution in [0.3, 0.4) is 0 Å². The quantitative estimate of drug-likeness (QED) is 0.706. The molecular formula is C15H15NO5. The van der Waals surface area contributed by atoms with Gasteiger partial charge in [-0.2, -0.15) is 5.26 Å². The zero-order chi connectivity index (χ0) is 15.5. The topological polar surface area (TPSA) is 111 Å². The van der Waals surface area contributed by atoms with Gasteiger partial charge < -0.3 is 20.1 Å². The summed E-state index contributed by atoms with van der Waals surface area (Å²) in [5, 5.41) is 37.8. The number of ether oxygens (including phenoxy) is 1. The van der Waals surface area contributed by atoms with Crippen molar-refractivity contribution in [2.45, 2.75) is 30.3 Å². The molecule has 1 aliphatic rings. The summed E-state index contributed by atoms with van der Waals surface area (Å²) >= 11 is 0. The highest BCUT2D eigenvalue weighted by Gasteiger charge is 2.45. The number of nitrogens with zero attached hydrogens (tertiary/aromatic N) is 1. The Morgan fingerprint density at radius 3 is 2.57 bits per heavy atom. The van der Waals surface area contributed by atoms with Gasteiger partial charge in [-0.05, 0) is 11.6 Å².